The molecule has 0 spiro atoms. The molecule has 7 heteroatoms. The summed E-state index contributed by atoms with van der Waals surface area (Å²) in [6.07, 6.45) is 2.76. The molecule has 120 valence electrons. The van der Waals surface area contributed by atoms with E-state index in [0.29, 0.717) is 25.3 Å². The highest BCUT2D eigenvalue weighted by molar-refractivity contribution is 5.79. The second-order valence-electron chi connectivity index (χ2n) is 6.02. The Labute approximate surface area is 132 Å². The third kappa shape index (κ3) is 2.72. The molecule has 3 heterocycles. The molecule has 0 saturated carbocycles. The molecule has 0 N–H and O–H groups in total. The standard InChI is InChI=1S/C16H17FN4O2/c17-12-3-1-2-11(6-12)7-16(22)20-5-4-15-14(9-20)21-13(10-23-15)8-18-19-21/h1-3,6,8,14-15H,4-5,7,9-10H2/t14-,15-/m0/s1. The zero-order valence-corrected chi connectivity index (χ0v) is 12.6. The van der Waals surface area contributed by atoms with Gasteiger partial charge in [0.25, 0.3) is 0 Å². The summed E-state index contributed by atoms with van der Waals surface area (Å²) in [7, 11) is 0. The van der Waals surface area contributed by atoms with E-state index >= 15 is 0 Å². The van der Waals surface area contributed by atoms with Gasteiger partial charge in [-0.1, -0.05) is 17.3 Å². The predicted molar refractivity (Wildman–Crippen MR) is 78.9 cm³/mol. The fourth-order valence-electron chi connectivity index (χ4n) is 3.34. The number of nitrogens with zero attached hydrogens (tertiary/aromatic N) is 4. The van der Waals surface area contributed by atoms with Crippen LogP contribution in [0.25, 0.3) is 0 Å². The number of carbonyl (C=O) groups is 1. The van der Waals surface area contributed by atoms with E-state index in [1.807, 2.05) is 9.58 Å². The average Bonchev–Trinajstić information content (AvgIpc) is 3.03. The number of amides is 1. The summed E-state index contributed by atoms with van der Waals surface area (Å²) in [6.45, 7) is 1.72. The van der Waals surface area contributed by atoms with Crippen molar-refractivity contribution in [2.24, 2.45) is 0 Å². The van der Waals surface area contributed by atoms with Crippen LogP contribution in [0.15, 0.2) is 30.5 Å². The Bertz CT molecular complexity index is 732. The molecule has 2 aliphatic heterocycles. The third-order valence-electron chi connectivity index (χ3n) is 4.53. The Morgan fingerprint density at radius 2 is 2.35 bits per heavy atom. The zero-order valence-electron chi connectivity index (χ0n) is 12.6. The molecule has 2 aromatic rings. The van der Waals surface area contributed by atoms with Crippen LogP contribution in [0.2, 0.25) is 0 Å². The Morgan fingerprint density at radius 1 is 1.43 bits per heavy atom. The van der Waals surface area contributed by atoms with E-state index in [1.54, 1.807) is 18.3 Å². The van der Waals surface area contributed by atoms with Crippen molar-refractivity contribution >= 4 is 5.91 Å². The van der Waals surface area contributed by atoms with E-state index in [1.165, 1.54) is 12.1 Å². The molecular weight excluding hydrogens is 299 g/mol. The molecule has 0 unspecified atom stereocenters. The molecule has 4 rings (SSSR count). The number of carbonyl (C=O) groups excluding carboxylic acids is 1. The van der Waals surface area contributed by atoms with Gasteiger partial charge < -0.3 is 9.64 Å². The molecule has 1 amide bonds. The van der Waals surface area contributed by atoms with Crippen LogP contribution in [0.3, 0.4) is 0 Å². The van der Waals surface area contributed by atoms with E-state index in [9.17, 15) is 9.18 Å². The van der Waals surface area contributed by atoms with Crippen molar-refractivity contribution in [1.29, 1.82) is 0 Å². The Morgan fingerprint density at radius 3 is 3.22 bits per heavy atom. The van der Waals surface area contributed by atoms with Gasteiger partial charge in [-0.3, -0.25) is 4.79 Å². The lowest BCUT2D eigenvalue weighted by molar-refractivity contribution is -0.137. The highest BCUT2D eigenvalue weighted by Crippen LogP contribution is 2.30. The van der Waals surface area contributed by atoms with Crippen molar-refractivity contribution in [1.82, 2.24) is 19.9 Å². The first-order chi connectivity index (χ1) is 11.2. The van der Waals surface area contributed by atoms with Crippen molar-refractivity contribution in [3.8, 4) is 0 Å². The molecule has 0 bridgehead atoms. The Kier molecular flexibility index (Phi) is 3.57. The van der Waals surface area contributed by atoms with Crippen LogP contribution in [0.1, 0.15) is 23.7 Å². The van der Waals surface area contributed by atoms with Gasteiger partial charge in [-0.2, -0.15) is 0 Å². The Hall–Kier alpha value is -2.28. The van der Waals surface area contributed by atoms with Crippen LogP contribution in [0.4, 0.5) is 4.39 Å². The van der Waals surface area contributed by atoms with Gasteiger partial charge >= 0.3 is 0 Å². The second-order valence-corrected chi connectivity index (χ2v) is 6.02. The highest BCUT2D eigenvalue weighted by Gasteiger charge is 2.37. The van der Waals surface area contributed by atoms with Crippen LogP contribution in [-0.4, -0.2) is 45.0 Å². The number of aromatic nitrogens is 3. The fraction of sp³-hybridized carbons (Fsp3) is 0.438. The van der Waals surface area contributed by atoms with Crippen LogP contribution in [0.5, 0.6) is 0 Å². The number of ether oxygens (including phenoxy) is 1. The minimum absolute atomic E-state index is 0.00119. The van der Waals surface area contributed by atoms with E-state index in [2.05, 4.69) is 10.3 Å². The maximum atomic E-state index is 13.3. The average molecular weight is 316 g/mol. The van der Waals surface area contributed by atoms with Gasteiger partial charge in [0.1, 0.15) is 5.82 Å². The highest BCUT2D eigenvalue weighted by atomic mass is 19.1. The maximum absolute atomic E-state index is 13.3. The van der Waals surface area contributed by atoms with E-state index in [-0.39, 0.29) is 30.3 Å². The second kappa shape index (κ2) is 5.73. The Balaban J connectivity index is 1.48. The number of fused-ring (bicyclic) bond motifs is 3. The van der Waals surface area contributed by atoms with Crippen LogP contribution in [-0.2, 0) is 22.6 Å². The number of likely N-dealkylation sites (tertiary alicyclic amines) is 1. The van der Waals surface area contributed by atoms with Gasteiger partial charge in [-0.05, 0) is 24.1 Å². The first-order valence-corrected chi connectivity index (χ1v) is 7.73. The van der Waals surface area contributed by atoms with Gasteiger partial charge in [0.2, 0.25) is 5.91 Å². The minimum Gasteiger partial charge on any atom is -0.370 e. The molecular formula is C16H17FN4O2. The summed E-state index contributed by atoms with van der Waals surface area (Å²) in [6, 6.07) is 6.19. The summed E-state index contributed by atoms with van der Waals surface area (Å²) in [5, 5.41) is 8.06. The number of rotatable bonds is 2. The normalized spacial score (nSPS) is 23.3. The van der Waals surface area contributed by atoms with Crippen LogP contribution >= 0.6 is 0 Å². The lowest BCUT2D eigenvalue weighted by Crippen LogP contribution is -2.50. The minimum atomic E-state index is -0.318. The molecule has 23 heavy (non-hydrogen) atoms. The van der Waals surface area contributed by atoms with E-state index in [4.69, 9.17) is 4.74 Å². The maximum Gasteiger partial charge on any atom is 0.227 e. The largest absolute Gasteiger partial charge is 0.370 e. The van der Waals surface area contributed by atoms with Crippen LogP contribution < -0.4 is 0 Å². The number of hydrogen-bond donors (Lipinski definition) is 0. The molecule has 2 aliphatic rings. The molecule has 0 aliphatic carbocycles. The zero-order chi connectivity index (χ0) is 15.8. The first-order valence-electron chi connectivity index (χ1n) is 7.73. The van der Waals surface area contributed by atoms with Crippen molar-refractivity contribution in [2.45, 2.75) is 31.6 Å². The lowest BCUT2D eigenvalue weighted by atomic mass is 9.99. The molecule has 0 radical (unpaired) electrons. The van der Waals surface area contributed by atoms with Gasteiger partial charge in [0.05, 0.1) is 37.1 Å². The van der Waals surface area contributed by atoms with Crippen molar-refractivity contribution in [3.05, 3.63) is 47.5 Å². The number of piperidine rings is 1. The summed E-state index contributed by atoms with van der Waals surface area (Å²) in [5.41, 5.74) is 1.63. The van der Waals surface area contributed by atoms with Crippen LogP contribution in [0, 0.1) is 5.82 Å². The quantitative estimate of drug-likeness (QED) is 0.839. The van der Waals surface area contributed by atoms with Gasteiger partial charge in [-0.25, -0.2) is 9.07 Å². The van der Waals surface area contributed by atoms with E-state index in [0.717, 1.165) is 12.1 Å². The van der Waals surface area contributed by atoms with Crippen molar-refractivity contribution in [2.75, 3.05) is 13.1 Å². The molecule has 1 aromatic carbocycles. The van der Waals surface area contributed by atoms with Crippen molar-refractivity contribution in [3.63, 3.8) is 0 Å². The number of halogens is 1. The molecule has 1 aromatic heterocycles. The molecule has 1 saturated heterocycles. The monoisotopic (exact) mass is 316 g/mol. The fourth-order valence-corrected chi connectivity index (χ4v) is 3.34. The van der Waals surface area contributed by atoms with Gasteiger partial charge in [0, 0.05) is 13.1 Å². The van der Waals surface area contributed by atoms with Gasteiger partial charge in [-0.15, -0.1) is 5.10 Å². The lowest BCUT2D eigenvalue weighted by Gasteiger charge is -2.41. The SMILES string of the molecule is O=C(Cc1cccc(F)c1)N1CC[C@@H]2OCc3cnnn3[C@H]2C1. The first kappa shape index (κ1) is 14.3. The number of hydrogen-bond acceptors (Lipinski definition) is 4. The smallest absolute Gasteiger partial charge is 0.227 e. The van der Waals surface area contributed by atoms with E-state index < -0.39 is 0 Å². The molecule has 2 atom stereocenters. The molecule has 1 fully saturated rings. The predicted octanol–water partition coefficient (Wildman–Crippen LogP) is 1.33. The number of benzene rings is 1. The van der Waals surface area contributed by atoms with Crippen molar-refractivity contribution < 1.29 is 13.9 Å². The summed E-state index contributed by atoms with van der Waals surface area (Å²) < 4.78 is 21.0. The summed E-state index contributed by atoms with van der Waals surface area (Å²) in [5.74, 6) is -0.316. The van der Waals surface area contributed by atoms with Gasteiger partial charge in [0.15, 0.2) is 0 Å². The third-order valence-corrected chi connectivity index (χ3v) is 4.53. The topological polar surface area (TPSA) is 60.3 Å². The molecule has 6 nitrogen and oxygen atoms in total. The summed E-state index contributed by atoms with van der Waals surface area (Å²) in [4.78, 5) is 14.3. The summed E-state index contributed by atoms with van der Waals surface area (Å²) >= 11 is 0.